The topological polar surface area (TPSA) is 120 Å². The van der Waals surface area contributed by atoms with E-state index < -0.39 is 34.1 Å². The van der Waals surface area contributed by atoms with Crippen LogP contribution in [0.2, 0.25) is 0 Å². The molecule has 0 atom stereocenters. The van der Waals surface area contributed by atoms with Crippen molar-refractivity contribution in [3.8, 4) is 0 Å². The number of hydrogen-bond acceptors (Lipinski definition) is 8. The molecular formula is C15H18FN3O6S. The average molecular weight is 387 g/mol. The van der Waals surface area contributed by atoms with Crippen LogP contribution in [0.3, 0.4) is 0 Å². The fourth-order valence-electron chi connectivity index (χ4n) is 1.54. The van der Waals surface area contributed by atoms with Gasteiger partial charge < -0.3 is 9.47 Å². The molecule has 0 aliphatic rings. The fourth-order valence-corrected chi connectivity index (χ4v) is 2.35. The highest BCUT2D eigenvalue weighted by Gasteiger charge is 2.19. The molecule has 0 saturated carbocycles. The van der Waals surface area contributed by atoms with E-state index >= 15 is 0 Å². The van der Waals surface area contributed by atoms with Crippen molar-refractivity contribution in [2.45, 2.75) is 26.4 Å². The van der Waals surface area contributed by atoms with Crippen molar-refractivity contribution in [3.63, 3.8) is 0 Å². The monoisotopic (exact) mass is 387 g/mol. The van der Waals surface area contributed by atoms with Crippen LogP contribution in [0.5, 0.6) is 0 Å². The summed E-state index contributed by atoms with van der Waals surface area (Å²) >= 11 is 0.791. The predicted octanol–water partition coefficient (Wildman–Crippen LogP) is 2.83. The standard InChI is InChI=1S/C15H18FN3O6S/c1-15(2,3)25-14(21)18-17-13(26-8-12(20)24-4)10-6-5-9(19(22)23)7-11(10)16/h5-7H,8H2,1-4H3,(H,18,21)/b17-13-. The molecule has 0 unspecified atom stereocenters. The number of nitrogens with one attached hydrogen (secondary N) is 1. The number of ether oxygens (including phenoxy) is 2. The number of carbonyl (C=O) groups excluding carboxylic acids is 2. The molecule has 0 aliphatic carbocycles. The van der Waals surface area contributed by atoms with E-state index in [0.29, 0.717) is 0 Å². The minimum absolute atomic E-state index is 0.0753. The van der Waals surface area contributed by atoms with Gasteiger partial charge in [0.05, 0.1) is 23.9 Å². The number of hydrogen-bond donors (Lipinski definition) is 1. The number of rotatable bonds is 5. The molecule has 9 nitrogen and oxygen atoms in total. The number of nitrogens with zero attached hydrogens (tertiary/aromatic N) is 2. The summed E-state index contributed by atoms with van der Waals surface area (Å²) in [6.45, 7) is 4.96. The first-order valence-corrected chi connectivity index (χ1v) is 8.22. The highest BCUT2D eigenvalue weighted by Crippen LogP contribution is 2.22. The second-order valence-electron chi connectivity index (χ2n) is 5.82. The lowest BCUT2D eigenvalue weighted by Crippen LogP contribution is -2.30. The number of halogens is 1. The molecule has 1 amide bonds. The molecule has 1 N–H and O–H groups in total. The van der Waals surface area contributed by atoms with Gasteiger partial charge in [0.2, 0.25) is 0 Å². The van der Waals surface area contributed by atoms with E-state index in [0.717, 1.165) is 30.0 Å². The highest BCUT2D eigenvalue weighted by atomic mass is 32.2. The third-order valence-electron chi connectivity index (χ3n) is 2.60. The van der Waals surface area contributed by atoms with E-state index in [2.05, 4.69) is 15.3 Å². The minimum atomic E-state index is -0.929. The van der Waals surface area contributed by atoms with Crippen molar-refractivity contribution in [1.82, 2.24) is 5.43 Å². The SMILES string of the molecule is COC(=O)CS/C(=N\NC(=O)OC(C)(C)C)c1ccc([N+](=O)[O-])cc1F. The Hall–Kier alpha value is -2.69. The molecule has 0 aromatic heterocycles. The van der Waals surface area contributed by atoms with Gasteiger partial charge in [-0.2, -0.15) is 5.10 Å². The summed E-state index contributed by atoms with van der Waals surface area (Å²) < 4.78 is 23.7. The van der Waals surface area contributed by atoms with Crippen LogP contribution < -0.4 is 5.43 Å². The summed E-state index contributed by atoms with van der Waals surface area (Å²) in [5.74, 6) is -1.73. The first kappa shape index (κ1) is 21.4. The van der Waals surface area contributed by atoms with Crippen LogP contribution in [-0.4, -0.2) is 40.5 Å². The van der Waals surface area contributed by atoms with Crippen molar-refractivity contribution in [2.75, 3.05) is 12.9 Å². The van der Waals surface area contributed by atoms with Gasteiger partial charge in [0.25, 0.3) is 5.69 Å². The molecule has 0 heterocycles. The molecule has 0 aliphatic heterocycles. The first-order valence-electron chi connectivity index (χ1n) is 7.24. The van der Waals surface area contributed by atoms with Gasteiger partial charge in [-0.3, -0.25) is 14.9 Å². The Morgan fingerprint density at radius 2 is 2.04 bits per heavy atom. The Labute approximate surface area is 153 Å². The quantitative estimate of drug-likeness (QED) is 0.271. The van der Waals surface area contributed by atoms with Gasteiger partial charge >= 0.3 is 12.1 Å². The van der Waals surface area contributed by atoms with Crippen LogP contribution in [0.1, 0.15) is 26.3 Å². The van der Waals surface area contributed by atoms with Gasteiger partial charge in [-0.05, 0) is 26.8 Å². The second-order valence-corrected chi connectivity index (χ2v) is 6.78. The maximum Gasteiger partial charge on any atom is 0.428 e. The van der Waals surface area contributed by atoms with Crippen molar-refractivity contribution in [3.05, 3.63) is 39.7 Å². The number of esters is 1. The summed E-state index contributed by atoms with van der Waals surface area (Å²) in [7, 11) is 1.19. The molecule has 0 spiro atoms. The molecule has 1 aromatic carbocycles. The Balaban J connectivity index is 3.08. The molecular weight excluding hydrogens is 369 g/mol. The smallest absolute Gasteiger partial charge is 0.428 e. The Kier molecular flexibility index (Phi) is 7.50. The Morgan fingerprint density at radius 1 is 1.38 bits per heavy atom. The Morgan fingerprint density at radius 3 is 2.54 bits per heavy atom. The van der Waals surface area contributed by atoms with Crippen LogP contribution in [0.25, 0.3) is 0 Å². The summed E-state index contributed by atoms with van der Waals surface area (Å²) in [6.07, 6.45) is -0.879. The number of amides is 1. The van der Waals surface area contributed by atoms with Gasteiger partial charge in [0, 0.05) is 11.6 Å². The number of carbonyl (C=O) groups is 2. The molecule has 0 saturated heterocycles. The van der Waals surface area contributed by atoms with Gasteiger partial charge in [0.15, 0.2) is 0 Å². The van der Waals surface area contributed by atoms with E-state index in [1.807, 2.05) is 0 Å². The largest absolute Gasteiger partial charge is 0.468 e. The number of thioether (sulfide) groups is 1. The molecule has 0 radical (unpaired) electrons. The molecule has 0 bridgehead atoms. The van der Waals surface area contributed by atoms with Crippen LogP contribution in [0.15, 0.2) is 23.3 Å². The van der Waals surface area contributed by atoms with Crippen molar-refractivity contribution in [2.24, 2.45) is 5.10 Å². The number of nitro groups is 1. The predicted molar refractivity (Wildman–Crippen MR) is 93.4 cm³/mol. The highest BCUT2D eigenvalue weighted by molar-refractivity contribution is 8.14. The second kappa shape index (κ2) is 9.13. The summed E-state index contributed by atoms with van der Waals surface area (Å²) in [4.78, 5) is 33.0. The Bertz CT molecular complexity index is 733. The molecule has 142 valence electrons. The normalized spacial score (nSPS) is 11.7. The van der Waals surface area contributed by atoms with Crippen LogP contribution in [0.4, 0.5) is 14.9 Å². The summed E-state index contributed by atoms with van der Waals surface area (Å²) in [5, 5.41) is 14.4. The molecule has 11 heteroatoms. The van der Waals surface area contributed by atoms with Gasteiger partial charge in [-0.1, -0.05) is 11.8 Å². The molecule has 1 rings (SSSR count). The zero-order valence-electron chi connectivity index (χ0n) is 14.6. The zero-order chi connectivity index (χ0) is 19.9. The van der Waals surface area contributed by atoms with Crippen LogP contribution >= 0.6 is 11.8 Å². The lowest BCUT2D eigenvalue weighted by molar-refractivity contribution is -0.385. The molecule has 1 aromatic rings. The third-order valence-corrected chi connectivity index (χ3v) is 3.56. The van der Waals surface area contributed by atoms with Crippen LogP contribution in [-0.2, 0) is 14.3 Å². The number of hydrazone groups is 1. The van der Waals surface area contributed by atoms with Gasteiger partial charge in [-0.15, -0.1) is 0 Å². The third kappa shape index (κ3) is 7.05. The van der Waals surface area contributed by atoms with Crippen LogP contribution in [0, 0.1) is 15.9 Å². The molecule has 26 heavy (non-hydrogen) atoms. The van der Waals surface area contributed by atoms with Crippen molar-refractivity contribution < 1.29 is 28.4 Å². The average Bonchev–Trinajstić information content (AvgIpc) is 2.53. The van der Waals surface area contributed by atoms with E-state index in [1.165, 1.54) is 7.11 Å². The van der Waals surface area contributed by atoms with Gasteiger partial charge in [0.1, 0.15) is 16.5 Å². The number of benzene rings is 1. The summed E-state index contributed by atoms with van der Waals surface area (Å²) in [6, 6.07) is 2.94. The zero-order valence-corrected chi connectivity index (χ0v) is 15.4. The van der Waals surface area contributed by atoms with Gasteiger partial charge in [-0.25, -0.2) is 14.6 Å². The maximum atomic E-state index is 14.2. The van der Waals surface area contributed by atoms with E-state index in [4.69, 9.17) is 4.74 Å². The van der Waals surface area contributed by atoms with Crippen molar-refractivity contribution in [1.29, 1.82) is 0 Å². The maximum absolute atomic E-state index is 14.2. The minimum Gasteiger partial charge on any atom is -0.468 e. The van der Waals surface area contributed by atoms with E-state index in [-0.39, 0.29) is 16.4 Å². The number of non-ortho nitro benzene ring substituents is 1. The lowest BCUT2D eigenvalue weighted by Gasteiger charge is -2.18. The number of methoxy groups -OCH3 is 1. The van der Waals surface area contributed by atoms with Crippen molar-refractivity contribution >= 4 is 34.6 Å². The first-order chi connectivity index (χ1) is 12.0. The summed E-state index contributed by atoms with van der Waals surface area (Å²) in [5.41, 5.74) is 0.766. The van der Waals surface area contributed by atoms with E-state index in [9.17, 15) is 24.1 Å². The number of nitro benzene ring substituents is 1. The molecule has 0 fully saturated rings. The van der Waals surface area contributed by atoms with E-state index in [1.54, 1.807) is 20.8 Å². The fraction of sp³-hybridized carbons (Fsp3) is 0.400. The lowest BCUT2D eigenvalue weighted by atomic mass is 10.2.